The molecule has 0 saturated heterocycles. The van der Waals surface area contributed by atoms with Crippen LogP contribution >= 0.6 is 27.5 Å². The van der Waals surface area contributed by atoms with E-state index in [0.29, 0.717) is 13.0 Å². The minimum atomic E-state index is -0.677. The van der Waals surface area contributed by atoms with Gasteiger partial charge >= 0.3 is 0 Å². The van der Waals surface area contributed by atoms with E-state index < -0.39 is 10.8 Å². The molecule has 0 bridgehead atoms. The summed E-state index contributed by atoms with van der Waals surface area (Å²) in [7, 11) is 0. The Bertz CT molecular complexity index is 940. The summed E-state index contributed by atoms with van der Waals surface area (Å²) in [5, 5.41) is 25.4. The standard InChI is InChI=1S/C18H14BrClN4O3/c19-14-3-1-2-12(8-14)6-7-22-11-13(10-21)18(25)23-15-4-5-16(20)17(9-15)24(26)27/h1-5,8-9,11,22H,6-7H2,(H,23,25)/b13-11-. The molecule has 0 unspecified atom stereocenters. The van der Waals surface area contributed by atoms with Crippen LogP contribution in [0.1, 0.15) is 5.56 Å². The Morgan fingerprint density at radius 1 is 1.33 bits per heavy atom. The third-order valence-electron chi connectivity index (χ3n) is 3.46. The van der Waals surface area contributed by atoms with Crippen molar-refractivity contribution in [3.05, 3.63) is 79.4 Å². The van der Waals surface area contributed by atoms with Crippen LogP contribution in [-0.4, -0.2) is 17.4 Å². The van der Waals surface area contributed by atoms with E-state index in [9.17, 15) is 14.9 Å². The van der Waals surface area contributed by atoms with Gasteiger partial charge in [-0.1, -0.05) is 39.7 Å². The summed E-state index contributed by atoms with van der Waals surface area (Å²) < 4.78 is 0.977. The number of hydrogen-bond donors (Lipinski definition) is 2. The Labute approximate surface area is 168 Å². The Morgan fingerprint density at radius 2 is 2.11 bits per heavy atom. The molecule has 0 fully saturated rings. The maximum atomic E-state index is 12.2. The van der Waals surface area contributed by atoms with E-state index in [1.807, 2.05) is 24.3 Å². The molecule has 0 aliphatic carbocycles. The van der Waals surface area contributed by atoms with Crippen LogP contribution in [0.3, 0.4) is 0 Å². The van der Waals surface area contributed by atoms with Crippen molar-refractivity contribution in [2.24, 2.45) is 0 Å². The molecule has 7 nitrogen and oxygen atoms in total. The van der Waals surface area contributed by atoms with Crippen molar-refractivity contribution in [1.82, 2.24) is 5.32 Å². The molecule has 0 spiro atoms. The van der Waals surface area contributed by atoms with Gasteiger partial charge in [-0.15, -0.1) is 0 Å². The summed E-state index contributed by atoms with van der Waals surface area (Å²) >= 11 is 9.13. The second-order valence-electron chi connectivity index (χ2n) is 5.38. The molecular weight excluding hydrogens is 436 g/mol. The smallest absolute Gasteiger partial charge is 0.289 e. The number of halogens is 2. The van der Waals surface area contributed by atoms with Crippen molar-refractivity contribution in [2.45, 2.75) is 6.42 Å². The third kappa shape index (κ3) is 6.09. The fourth-order valence-electron chi connectivity index (χ4n) is 2.16. The Hall–Kier alpha value is -2.89. The fraction of sp³-hybridized carbons (Fsp3) is 0.111. The molecule has 138 valence electrons. The summed E-state index contributed by atoms with van der Waals surface area (Å²) in [5.74, 6) is -0.677. The molecule has 27 heavy (non-hydrogen) atoms. The van der Waals surface area contributed by atoms with Crippen LogP contribution in [0.2, 0.25) is 5.02 Å². The lowest BCUT2D eigenvalue weighted by Gasteiger charge is -2.06. The first kappa shape index (κ1) is 20.4. The Kier molecular flexibility index (Phi) is 7.34. The second-order valence-corrected chi connectivity index (χ2v) is 6.70. The number of nitriles is 1. The van der Waals surface area contributed by atoms with Gasteiger partial charge in [-0.3, -0.25) is 14.9 Å². The number of amides is 1. The van der Waals surface area contributed by atoms with E-state index in [1.54, 1.807) is 6.07 Å². The van der Waals surface area contributed by atoms with Gasteiger partial charge in [0, 0.05) is 29.0 Å². The molecule has 0 saturated carbocycles. The number of hydrogen-bond acceptors (Lipinski definition) is 5. The number of nitrogens with zero attached hydrogens (tertiary/aromatic N) is 2. The SMILES string of the molecule is N#C/C(=C/NCCc1cccc(Br)c1)C(=O)Nc1ccc(Cl)c([N+](=O)[O-])c1. The summed E-state index contributed by atoms with van der Waals surface area (Å²) in [6, 6.07) is 13.5. The van der Waals surface area contributed by atoms with Crippen LogP contribution in [0.15, 0.2) is 58.7 Å². The first-order chi connectivity index (χ1) is 12.9. The van der Waals surface area contributed by atoms with E-state index >= 15 is 0 Å². The molecule has 2 N–H and O–H groups in total. The summed E-state index contributed by atoms with van der Waals surface area (Å²) in [6.45, 7) is 0.529. The summed E-state index contributed by atoms with van der Waals surface area (Å²) in [4.78, 5) is 22.4. The molecular formula is C18H14BrClN4O3. The minimum Gasteiger partial charge on any atom is -0.389 e. The lowest BCUT2D eigenvalue weighted by atomic mass is 10.1. The quantitative estimate of drug-likeness (QED) is 0.217. The van der Waals surface area contributed by atoms with Crippen molar-refractivity contribution in [3.63, 3.8) is 0 Å². The third-order valence-corrected chi connectivity index (χ3v) is 4.27. The second kappa shape index (κ2) is 9.71. The lowest BCUT2D eigenvalue weighted by molar-refractivity contribution is -0.384. The molecule has 0 aliphatic rings. The van der Waals surface area contributed by atoms with Crippen molar-refractivity contribution < 1.29 is 9.72 Å². The van der Waals surface area contributed by atoms with E-state index in [4.69, 9.17) is 16.9 Å². The van der Waals surface area contributed by atoms with Crippen LogP contribution < -0.4 is 10.6 Å². The predicted octanol–water partition coefficient (Wildman–Crippen LogP) is 4.19. The number of nitro benzene ring substituents is 1. The normalized spacial score (nSPS) is 10.8. The first-order valence-electron chi connectivity index (χ1n) is 7.74. The summed E-state index contributed by atoms with van der Waals surface area (Å²) in [6.07, 6.45) is 2.03. The average molecular weight is 450 g/mol. The highest BCUT2D eigenvalue weighted by Crippen LogP contribution is 2.27. The molecule has 2 aromatic carbocycles. The van der Waals surface area contributed by atoms with Gasteiger partial charge in [0.05, 0.1) is 4.92 Å². The zero-order chi connectivity index (χ0) is 19.8. The Morgan fingerprint density at radius 3 is 2.78 bits per heavy atom. The van der Waals surface area contributed by atoms with Gasteiger partial charge in [0.25, 0.3) is 11.6 Å². The highest BCUT2D eigenvalue weighted by atomic mass is 79.9. The number of rotatable bonds is 7. The molecule has 2 rings (SSSR count). The van der Waals surface area contributed by atoms with E-state index in [-0.39, 0.29) is 22.0 Å². The van der Waals surface area contributed by atoms with E-state index in [1.165, 1.54) is 18.3 Å². The molecule has 0 atom stereocenters. The van der Waals surface area contributed by atoms with Crippen molar-refractivity contribution >= 4 is 44.8 Å². The zero-order valence-corrected chi connectivity index (χ0v) is 16.3. The number of nitro groups is 1. The Balaban J connectivity index is 1.97. The van der Waals surface area contributed by atoms with Crippen LogP contribution in [-0.2, 0) is 11.2 Å². The van der Waals surface area contributed by atoms with Gasteiger partial charge in [0.15, 0.2) is 0 Å². The zero-order valence-electron chi connectivity index (χ0n) is 13.9. The predicted molar refractivity (Wildman–Crippen MR) is 106 cm³/mol. The lowest BCUT2D eigenvalue weighted by Crippen LogP contribution is -2.18. The number of carbonyl (C=O) groups excluding carboxylic acids is 1. The molecule has 0 aromatic heterocycles. The molecule has 0 radical (unpaired) electrons. The van der Waals surface area contributed by atoms with Gasteiger partial charge in [0.1, 0.15) is 16.7 Å². The van der Waals surface area contributed by atoms with E-state index in [2.05, 4.69) is 26.6 Å². The maximum Gasteiger partial charge on any atom is 0.289 e. The molecule has 2 aromatic rings. The fourth-order valence-corrected chi connectivity index (χ4v) is 2.79. The van der Waals surface area contributed by atoms with Crippen LogP contribution in [0.25, 0.3) is 0 Å². The number of anilines is 1. The molecule has 0 heterocycles. The van der Waals surface area contributed by atoms with Gasteiger partial charge in [0.2, 0.25) is 0 Å². The van der Waals surface area contributed by atoms with Crippen molar-refractivity contribution in [3.8, 4) is 6.07 Å². The largest absolute Gasteiger partial charge is 0.389 e. The van der Waals surface area contributed by atoms with Crippen LogP contribution in [0.4, 0.5) is 11.4 Å². The summed E-state index contributed by atoms with van der Waals surface area (Å²) in [5.41, 5.74) is 0.791. The van der Waals surface area contributed by atoms with Crippen LogP contribution in [0, 0.1) is 21.4 Å². The highest BCUT2D eigenvalue weighted by molar-refractivity contribution is 9.10. The van der Waals surface area contributed by atoms with Crippen molar-refractivity contribution in [1.29, 1.82) is 5.26 Å². The average Bonchev–Trinajstić information content (AvgIpc) is 2.63. The molecule has 9 heteroatoms. The maximum absolute atomic E-state index is 12.2. The highest BCUT2D eigenvalue weighted by Gasteiger charge is 2.15. The van der Waals surface area contributed by atoms with Gasteiger partial charge in [-0.25, -0.2) is 0 Å². The monoisotopic (exact) mass is 448 g/mol. The topological polar surface area (TPSA) is 108 Å². The molecule has 1 amide bonds. The van der Waals surface area contributed by atoms with Gasteiger partial charge in [-0.2, -0.15) is 5.26 Å². The number of benzene rings is 2. The molecule has 0 aliphatic heterocycles. The van der Waals surface area contributed by atoms with Gasteiger partial charge in [-0.05, 0) is 36.2 Å². The number of carbonyl (C=O) groups is 1. The number of nitrogens with one attached hydrogen (secondary N) is 2. The minimum absolute atomic E-state index is 0.0386. The van der Waals surface area contributed by atoms with E-state index in [0.717, 1.165) is 16.1 Å². The van der Waals surface area contributed by atoms with Crippen molar-refractivity contribution in [2.75, 3.05) is 11.9 Å². The van der Waals surface area contributed by atoms with Crippen LogP contribution in [0.5, 0.6) is 0 Å². The van der Waals surface area contributed by atoms with Gasteiger partial charge < -0.3 is 10.6 Å². The first-order valence-corrected chi connectivity index (χ1v) is 8.91.